The normalized spacial score (nSPS) is 10.8. The maximum Gasteiger partial charge on any atom is 0.215 e. The summed E-state index contributed by atoms with van der Waals surface area (Å²) in [6.07, 6.45) is 2.43. The van der Waals surface area contributed by atoms with E-state index in [4.69, 9.17) is 0 Å². The maximum atomic E-state index is 9.43. The van der Waals surface area contributed by atoms with Gasteiger partial charge in [-0.2, -0.15) is 9.61 Å². The van der Waals surface area contributed by atoms with Crippen molar-refractivity contribution in [2.75, 3.05) is 0 Å². The molecule has 2 rings (SSSR count). The molecule has 0 atom stereocenters. The highest BCUT2D eigenvalue weighted by atomic mass is 16.3. The third kappa shape index (κ3) is 0.922. The van der Waals surface area contributed by atoms with Crippen LogP contribution in [0.5, 0.6) is 5.88 Å². The van der Waals surface area contributed by atoms with Gasteiger partial charge in [-0.3, -0.25) is 0 Å². The van der Waals surface area contributed by atoms with E-state index >= 15 is 0 Å². The minimum Gasteiger partial charge on any atom is -0.493 e. The van der Waals surface area contributed by atoms with Crippen LogP contribution in [0.1, 0.15) is 12.6 Å². The Morgan fingerprint density at radius 1 is 1.58 bits per heavy atom. The Hall–Kier alpha value is -1.58. The van der Waals surface area contributed by atoms with E-state index < -0.39 is 0 Å². The van der Waals surface area contributed by atoms with Crippen molar-refractivity contribution >= 4 is 5.65 Å². The zero-order valence-electron chi connectivity index (χ0n) is 6.73. The first kappa shape index (κ1) is 7.09. The summed E-state index contributed by atoms with van der Waals surface area (Å²) in [6, 6.07) is 3.39. The molecule has 0 bridgehead atoms. The number of aromatic nitrogens is 3. The Morgan fingerprint density at radius 2 is 2.42 bits per heavy atom. The molecule has 0 unspecified atom stereocenters. The number of nitrogens with zero attached hydrogens (tertiary/aromatic N) is 3. The lowest BCUT2D eigenvalue weighted by Gasteiger charge is -1.99. The van der Waals surface area contributed by atoms with Crippen molar-refractivity contribution in [1.82, 2.24) is 14.6 Å². The minimum absolute atomic E-state index is 0.141. The fourth-order valence-electron chi connectivity index (χ4n) is 1.13. The summed E-state index contributed by atoms with van der Waals surface area (Å²) >= 11 is 0. The second kappa shape index (κ2) is 2.48. The van der Waals surface area contributed by atoms with E-state index in [0.717, 1.165) is 12.1 Å². The number of aryl methyl sites for hydroxylation is 1. The van der Waals surface area contributed by atoms with Gasteiger partial charge in [0.15, 0.2) is 5.65 Å². The monoisotopic (exact) mass is 163 g/mol. The molecule has 0 saturated carbocycles. The topological polar surface area (TPSA) is 50.4 Å². The van der Waals surface area contributed by atoms with Gasteiger partial charge in [0.05, 0.1) is 6.20 Å². The van der Waals surface area contributed by atoms with Crippen molar-refractivity contribution < 1.29 is 5.11 Å². The van der Waals surface area contributed by atoms with Gasteiger partial charge in [-0.15, -0.1) is 0 Å². The van der Waals surface area contributed by atoms with Gasteiger partial charge in [0, 0.05) is 17.8 Å². The summed E-state index contributed by atoms with van der Waals surface area (Å²) in [4.78, 5) is 4.26. The van der Waals surface area contributed by atoms with Crippen LogP contribution >= 0.6 is 0 Å². The average Bonchev–Trinajstić information content (AvgIpc) is 2.52. The Morgan fingerprint density at radius 3 is 3.17 bits per heavy atom. The number of hydrogen-bond donors (Lipinski definition) is 1. The Labute approximate surface area is 69.5 Å². The molecule has 12 heavy (non-hydrogen) atoms. The standard InChI is InChI=1S/C8H9N3O/c1-2-6-5-8(12)11-7(10-6)3-4-9-11/h3-5,12H,2H2,1H3. The molecule has 4 nitrogen and oxygen atoms in total. The summed E-state index contributed by atoms with van der Waals surface area (Å²) in [5, 5.41) is 13.3. The number of hydrogen-bond acceptors (Lipinski definition) is 3. The maximum absolute atomic E-state index is 9.43. The first-order valence-electron chi connectivity index (χ1n) is 3.84. The number of fused-ring (bicyclic) bond motifs is 1. The van der Waals surface area contributed by atoms with E-state index in [1.807, 2.05) is 6.92 Å². The zero-order valence-corrected chi connectivity index (χ0v) is 6.73. The molecule has 2 heterocycles. The molecule has 0 fully saturated rings. The molecule has 0 aliphatic rings. The smallest absolute Gasteiger partial charge is 0.215 e. The van der Waals surface area contributed by atoms with Gasteiger partial charge in [-0.25, -0.2) is 4.98 Å². The highest BCUT2D eigenvalue weighted by molar-refractivity contribution is 5.40. The Balaban J connectivity index is 2.75. The van der Waals surface area contributed by atoms with Crippen molar-refractivity contribution in [3.8, 4) is 5.88 Å². The second-order valence-electron chi connectivity index (χ2n) is 2.56. The molecule has 0 aliphatic heterocycles. The van der Waals surface area contributed by atoms with E-state index in [2.05, 4.69) is 10.1 Å². The van der Waals surface area contributed by atoms with E-state index in [1.165, 1.54) is 4.52 Å². The van der Waals surface area contributed by atoms with Gasteiger partial charge in [-0.05, 0) is 6.42 Å². The molecule has 4 heteroatoms. The van der Waals surface area contributed by atoms with Crippen molar-refractivity contribution in [3.05, 3.63) is 24.0 Å². The van der Waals surface area contributed by atoms with Crippen LogP contribution in [0.2, 0.25) is 0 Å². The average molecular weight is 163 g/mol. The number of aromatic hydroxyl groups is 1. The van der Waals surface area contributed by atoms with Gasteiger partial charge < -0.3 is 5.11 Å². The third-order valence-electron chi connectivity index (χ3n) is 1.76. The molecule has 0 radical (unpaired) electrons. The van der Waals surface area contributed by atoms with E-state index in [-0.39, 0.29) is 5.88 Å². The van der Waals surface area contributed by atoms with Gasteiger partial charge in [-0.1, -0.05) is 6.92 Å². The summed E-state index contributed by atoms with van der Waals surface area (Å²) in [7, 11) is 0. The molecule has 62 valence electrons. The van der Waals surface area contributed by atoms with Crippen molar-refractivity contribution in [2.45, 2.75) is 13.3 Å². The minimum atomic E-state index is 0.141. The van der Waals surface area contributed by atoms with Gasteiger partial charge in [0.1, 0.15) is 0 Å². The molecular weight excluding hydrogens is 154 g/mol. The van der Waals surface area contributed by atoms with Crippen LogP contribution in [0.3, 0.4) is 0 Å². The van der Waals surface area contributed by atoms with Crippen LogP contribution < -0.4 is 0 Å². The molecule has 2 aromatic heterocycles. The number of rotatable bonds is 1. The molecule has 0 saturated heterocycles. The van der Waals surface area contributed by atoms with Crippen LogP contribution in [0, 0.1) is 0 Å². The van der Waals surface area contributed by atoms with Gasteiger partial charge >= 0.3 is 0 Å². The predicted molar refractivity (Wildman–Crippen MR) is 44.0 cm³/mol. The van der Waals surface area contributed by atoms with E-state index in [1.54, 1.807) is 18.3 Å². The van der Waals surface area contributed by atoms with Gasteiger partial charge in [0.25, 0.3) is 0 Å². The van der Waals surface area contributed by atoms with Gasteiger partial charge in [0.2, 0.25) is 5.88 Å². The lowest BCUT2D eigenvalue weighted by molar-refractivity contribution is 0.434. The first-order valence-corrected chi connectivity index (χ1v) is 3.84. The fraction of sp³-hybridized carbons (Fsp3) is 0.250. The molecule has 0 aliphatic carbocycles. The summed E-state index contributed by atoms with van der Waals surface area (Å²) < 4.78 is 1.40. The summed E-state index contributed by atoms with van der Waals surface area (Å²) in [5.41, 5.74) is 1.56. The van der Waals surface area contributed by atoms with Crippen molar-refractivity contribution in [1.29, 1.82) is 0 Å². The predicted octanol–water partition coefficient (Wildman–Crippen LogP) is 0.997. The molecule has 0 amide bonds. The van der Waals surface area contributed by atoms with Crippen LogP contribution in [0.15, 0.2) is 18.3 Å². The fourth-order valence-corrected chi connectivity index (χ4v) is 1.13. The molecular formula is C8H9N3O. The molecule has 1 N–H and O–H groups in total. The van der Waals surface area contributed by atoms with E-state index in [9.17, 15) is 5.11 Å². The Bertz CT molecular complexity index is 408. The summed E-state index contributed by atoms with van der Waals surface area (Å²) in [6.45, 7) is 1.99. The lowest BCUT2D eigenvalue weighted by Crippen LogP contribution is -1.94. The van der Waals surface area contributed by atoms with Crippen molar-refractivity contribution in [3.63, 3.8) is 0 Å². The second-order valence-corrected chi connectivity index (χ2v) is 2.56. The lowest BCUT2D eigenvalue weighted by atomic mass is 10.3. The highest BCUT2D eigenvalue weighted by Crippen LogP contribution is 2.12. The molecule has 2 aromatic rings. The quantitative estimate of drug-likeness (QED) is 0.682. The van der Waals surface area contributed by atoms with Crippen LogP contribution in [0.4, 0.5) is 0 Å². The summed E-state index contributed by atoms with van der Waals surface area (Å²) in [5.74, 6) is 0.141. The SMILES string of the molecule is CCc1cc(O)n2nccc2n1. The first-order chi connectivity index (χ1) is 5.81. The van der Waals surface area contributed by atoms with Crippen LogP contribution in [-0.4, -0.2) is 19.7 Å². The van der Waals surface area contributed by atoms with Crippen LogP contribution in [-0.2, 0) is 6.42 Å². The zero-order chi connectivity index (χ0) is 8.55. The third-order valence-corrected chi connectivity index (χ3v) is 1.76. The molecule has 0 aromatic carbocycles. The van der Waals surface area contributed by atoms with Crippen LogP contribution in [0.25, 0.3) is 5.65 Å². The van der Waals surface area contributed by atoms with Crippen molar-refractivity contribution in [2.24, 2.45) is 0 Å². The largest absolute Gasteiger partial charge is 0.493 e. The Kier molecular flexibility index (Phi) is 1.46. The molecule has 0 spiro atoms. The van der Waals surface area contributed by atoms with E-state index in [0.29, 0.717) is 5.65 Å². The highest BCUT2D eigenvalue weighted by Gasteiger charge is 2.02.